The highest BCUT2D eigenvalue weighted by Crippen LogP contribution is 2.24. The first-order chi connectivity index (χ1) is 11.5. The summed E-state index contributed by atoms with van der Waals surface area (Å²) in [5.74, 6) is -0.735. The Hall–Kier alpha value is -2.83. The summed E-state index contributed by atoms with van der Waals surface area (Å²) in [7, 11) is 0. The molecule has 24 heavy (non-hydrogen) atoms. The number of alkyl halides is 3. The van der Waals surface area contributed by atoms with Gasteiger partial charge in [-0.2, -0.15) is 13.2 Å². The van der Waals surface area contributed by atoms with E-state index in [-0.39, 0.29) is 0 Å². The predicted octanol–water partition coefficient (Wildman–Crippen LogP) is 3.30. The van der Waals surface area contributed by atoms with Crippen LogP contribution in [0.1, 0.15) is 11.6 Å². The summed E-state index contributed by atoms with van der Waals surface area (Å²) >= 11 is 0. The maximum atomic E-state index is 12.5. The van der Waals surface area contributed by atoms with Gasteiger partial charge in [0.25, 0.3) is 0 Å². The summed E-state index contributed by atoms with van der Waals surface area (Å²) in [5, 5.41) is 1.96. The van der Waals surface area contributed by atoms with E-state index in [4.69, 9.17) is 0 Å². The molecule has 0 saturated heterocycles. The highest BCUT2D eigenvalue weighted by Gasteiger charge is 2.31. The standard InChI is InChI=1S/C17H14F3N3O/c18-17(19,20)10-21-16(24)15(12-6-2-1-3-7-12)23-11-22-13-8-4-5-9-14(13)23/h1-9,11,15H,10H2,(H,21,24)/t15-/m1/s1. The summed E-state index contributed by atoms with van der Waals surface area (Å²) < 4.78 is 38.9. The van der Waals surface area contributed by atoms with Crippen molar-refractivity contribution in [2.45, 2.75) is 12.2 Å². The maximum Gasteiger partial charge on any atom is 0.405 e. The van der Waals surface area contributed by atoms with E-state index in [9.17, 15) is 18.0 Å². The van der Waals surface area contributed by atoms with E-state index in [1.54, 1.807) is 59.2 Å². The van der Waals surface area contributed by atoms with Crippen LogP contribution in [0.5, 0.6) is 0 Å². The lowest BCUT2D eigenvalue weighted by Crippen LogP contribution is -2.38. The number of hydrogen-bond acceptors (Lipinski definition) is 2. The monoisotopic (exact) mass is 333 g/mol. The number of hydrogen-bond donors (Lipinski definition) is 1. The number of benzene rings is 2. The number of imidazole rings is 1. The number of halogens is 3. The Labute approximate surface area is 135 Å². The number of rotatable bonds is 4. The third-order valence-electron chi connectivity index (χ3n) is 3.59. The van der Waals surface area contributed by atoms with Crippen LogP contribution < -0.4 is 5.32 Å². The molecular weight excluding hydrogens is 319 g/mol. The van der Waals surface area contributed by atoms with Crippen LogP contribution in [-0.2, 0) is 4.79 Å². The summed E-state index contributed by atoms with van der Waals surface area (Å²) in [6.45, 7) is -1.37. The number of nitrogens with one attached hydrogen (secondary N) is 1. The van der Waals surface area contributed by atoms with E-state index in [0.717, 1.165) is 0 Å². The van der Waals surface area contributed by atoms with Crippen molar-refractivity contribution in [3.8, 4) is 0 Å². The van der Waals surface area contributed by atoms with E-state index in [1.165, 1.54) is 6.33 Å². The Bertz CT molecular complexity index is 843. The minimum Gasteiger partial charge on any atom is -0.345 e. The molecule has 3 rings (SSSR count). The van der Waals surface area contributed by atoms with Crippen molar-refractivity contribution >= 4 is 16.9 Å². The first kappa shape index (κ1) is 16.0. The third-order valence-corrected chi connectivity index (χ3v) is 3.59. The molecule has 7 heteroatoms. The molecule has 0 spiro atoms. The van der Waals surface area contributed by atoms with Crippen molar-refractivity contribution in [2.75, 3.05) is 6.54 Å². The van der Waals surface area contributed by atoms with Crippen molar-refractivity contribution in [2.24, 2.45) is 0 Å². The number of carbonyl (C=O) groups is 1. The van der Waals surface area contributed by atoms with Crippen LogP contribution in [0.4, 0.5) is 13.2 Å². The molecule has 124 valence electrons. The fraction of sp³-hybridized carbons (Fsp3) is 0.176. The van der Waals surface area contributed by atoms with Gasteiger partial charge in [-0.1, -0.05) is 42.5 Å². The molecule has 1 atom stereocenters. The van der Waals surface area contributed by atoms with E-state index in [2.05, 4.69) is 4.98 Å². The Kier molecular flexibility index (Phi) is 4.24. The molecule has 0 unspecified atom stereocenters. The minimum atomic E-state index is -4.46. The molecule has 0 aliphatic rings. The number of fused-ring (bicyclic) bond motifs is 1. The lowest BCUT2D eigenvalue weighted by molar-refractivity contribution is -0.139. The van der Waals surface area contributed by atoms with Gasteiger partial charge in [0.2, 0.25) is 5.91 Å². The quantitative estimate of drug-likeness (QED) is 0.796. The van der Waals surface area contributed by atoms with Crippen molar-refractivity contribution in [3.63, 3.8) is 0 Å². The number of para-hydroxylation sites is 2. The number of aromatic nitrogens is 2. The van der Waals surface area contributed by atoms with E-state index >= 15 is 0 Å². The lowest BCUT2D eigenvalue weighted by Gasteiger charge is -2.20. The first-order valence-corrected chi connectivity index (χ1v) is 7.27. The SMILES string of the molecule is O=C(NCC(F)(F)F)[C@@H](c1ccccc1)n1cnc2ccccc21. The highest BCUT2D eigenvalue weighted by atomic mass is 19.4. The van der Waals surface area contributed by atoms with Crippen LogP contribution in [-0.4, -0.2) is 28.2 Å². The summed E-state index contributed by atoms with van der Waals surface area (Å²) in [6, 6.07) is 14.9. The predicted molar refractivity (Wildman–Crippen MR) is 83.4 cm³/mol. The second kappa shape index (κ2) is 6.35. The molecule has 0 aliphatic heterocycles. The van der Waals surface area contributed by atoms with Gasteiger partial charge in [-0.05, 0) is 17.7 Å². The molecule has 0 saturated carbocycles. The van der Waals surface area contributed by atoms with Gasteiger partial charge in [-0.3, -0.25) is 4.79 Å². The molecule has 0 aliphatic carbocycles. The van der Waals surface area contributed by atoms with Crippen LogP contribution >= 0.6 is 0 Å². The molecule has 0 radical (unpaired) electrons. The highest BCUT2D eigenvalue weighted by molar-refractivity contribution is 5.86. The zero-order valence-corrected chi connectivity index (χ0v) is 12.5. The van der Waals surface area contributed by atoms with E-state index in [0.29, 0.717) is 16.6 Å². The number of amides is 1. The number of nitrogens with zero attached hydrogens (tertiary/aromatic N) is 2. The first-order valence-electron chi connectivity index (χ1n) is 7.27. The molecule has 3 aromatic rings. The molecule has 4 nitrogen and oxygen atoms in total. The molecule has 2 aromatic carbocycles. The Morgan fingerprint density at radius 2 is 1.75 bits per heavy atom. The Morgan fingerprint density at radius 1 is 1.08 bits per heavy atom. The van der Waals surface area contributed by atoms with Gasteiger partial charge >= 0.3 is 6.18 Å². The topological polar surface area (TPSA) is 46.9 Å². The molecule has 1 N–H and O–H groups in total. The van der Waals surface area contributed by atoms with Gasteiger partial charge in [-0.25, -0.2) is 4.98 Å². The zero-order valence-electron chi connectivity index (χ0n) is 12.5. The Balaban J connectivity index is 2.01. The van der Waals surface area contributed by atoms with Gasteiger partial charge < -0.3 is 9.88 Å². The second-order valence-electron chi connectivity index (χ2n) is 5.29. The van der Waals surface area contributed by atoms with Crippen LogP contribution in [0.2, 0.25) is 0 Å². The zero-order chi connectivity index (χ0) is 17.2. The maximum absolute atomic E-state index is 12.5. The average molecular weight is 333 g/mol. The smallest absolute Gasteiger partial charge is 0.345 e. The van der Waals surface area contributed by atoms with Gasteiger partial charge in [0.05, 0.1) is 17.4 Å². The van der Waals surface area contributed by atoms with Crippen LogP contribution in [0.25, 0.3) is 11.0 Å². The summed E-state index contributed by atoms with van der Waals surface area (Å²) in [4.78, 5) is 16.7. The van der Waals surface area contributed by atoms with Crippen LogP contribution in [0.3, 0.4) is 0 Å². The normalized spacial score (nSPS) is 13.0. The minimum absolute atomic E-state index is 0.584. The van der Waals surface area contributed by atoms with E-state index < -0.39 is 24.7 Å². The fourth-order valence-corrected chi connectivity index (χ4v) is 2.54. The molecule has 1 heterocycles. The summed E-state index contributed by atoms with van der Waals surface area (Å²) in [6.07, 6.45) is -3.00. The van der Waals surface area contributed by atoms with Crippen LogP contribution in [0, 0.1) is 0 Å². The molecule has 1 amide bonds. The van der Waals surface area contributed by atoms with Crippen molar-refractivity contribution in [1.82, 2.24) is 14.9 Å². The average Bonchev–Trinajstić information content (AvgIpc) is 2.98. The number of carbonyl (C=O) groups excluding carboxylic acids is 1. The van der Waals surface area contributed by atoms with Crippen LogP contribution in [0.15, 0.2) is 60.9 Å². The summed E-state index contributed by atoms with van der Waals surface area (Å²) in [5.41, 5.74) is 1.93. The van der Waals surface area contributed by atoms with Gasteiger partial charge in [0.1, 0.15) is 12.6 Å². The third kappa shape index (κ3) is 3.40. The lowest BCUT2D eigenvalue weighted by atomic mass is 10.1. The van der Waals surface area contributed by atoms with Gasteiger partial charge in [0, 0.05) is 0 Å². The van der Waals surface area contributed by atoms with Crippen molar-refractivity contribution in [1.29, 1.82) is 0 Å². The molecular formula is C17H14F3N3O. The van der Waals surface area contributed by atoms with Gasteiger partial charge in [-0.15, -0.1) is 0 Å². The van der Waals surface area contributed by atoms with Crippen molar-refractivity contribution < 1.29 is 18.0 Å². The largest absolute Gasteiger partial charge is 0.405 e. The molecule has 0 fully saturated rings. The molecule has 0 bridgehead atoms. The van der Waals surface area contributed by atoms with Gasteiger partial charge in [0.15, 0.2) is 0 Å². The fourth-order valence-electron chi connectivity index (χ4n) is 2.54. The van der Waals surface area contributed by atoms with Crippen molar-refractivity contribution in [3.05, 3.63) is 66.5 Å². The Morgan fingerprint density at radius 3 is 2.46 bits per heavy atom. The van der Waals surface area contributed by atoms with E-state index in [1.807, 2.05) is 5.32 Å². The molecule has 1 aromatic heterocycles. The second-order valence-corrected chi connectivity index (χ2v) is 5.29.